The first-order chi connectivity index (χ1) is 18.0. The number of amides is 2. The summed E-state index contributed by atoms with van der Waals surface area (Å²) in [4.78, 5) is 33.8. The molecule has 0 unspecified atom stereocenters. The van der Waals surface area contributed by atoms with Crippen LogP contribution in [0.4, 0.5) is 16.4 Å². The Morgan fingerprint density at radius 2 is 1.92 bits per heavy atom. The lowest BCUT2D eigenvalue weighted by Gasteiger charge is -2.09. The fourth-order valence-corrected chi connectivity index (χ4v) is 3.71. The molecule has 0 saturated heterocycles. The van der Waals surface area contributed by atoms with Crippen molar-refractivity contribution >= 4 is 40.3 Å². The van der Waals surface area contributed by atoms with E-state index in [4.69, 9.17) is 14.9 Å². The molecule has 5 aromatic rings. The van der Waals surface area contributed by atoms with Gasteiger partial charge in [-0.1, -0.05) is 12.1 Å². The molecule has 0 aliphatic heterocycles. The molecule has 0 radical (unpaired) electrons. The Bertz CT molecular complexity index is 1540. The number of nitrogens with one attached hydrogen (secondary N) is 2. The van der Waals surface area contributed by atoms with Gasteiger partial charge in [0.05, 0.1) is 24.7 Å². The second-order valence-corrected chi connectivity index (χ2v) is 8.29. The molecule has 4 aromatic heterocycles. The van der Waals surface area contributed by atoms with Gasteiger partial charge >= 0.3 is 12.0 Å². The average Bonchev–Trinajstić information content (AvgIpc) is 3.62. The van der Waals surface area contributed by atoms with Crippen LogP contribution >= 0.6 is 0 Å². The quantitative estimate of drug-likeness (QED) is 0.202. The van der Waals surface area contributed by atoms with E-state index in [1.165, 1.54) is 10.8 Å². The normalized spacial score (nSPS) is 11.2. The van der Waals surface area contributed by atoms with Gasteiger partial charge in [0.25, 0.3) is 0 Å². The predicted octanol–water partition coefficient (Wildman–Crippen LogP) is 2.74. The van der Waals surface area contributed by atoms with E-state index in [1.54, 1.807) is 54.3 Å². The molecule has 13 nitrogen and oxygen atoms in total. The van der Waals surface area contributed by atoms with Crippen LogP contribution in [0.3, 0.4) is 0 Å². The standard InChI is InChI=1S/C24H25N9O4/c1-32-14-17-20(30-32)28-23(33-22(17)27-21(31-33)18-5-4-12-36-18)29-24(35)26-16-8-6-15(7-9-16)13-19(34)37-11-3-2-10-25/h4-9,12,14H,2-3,10-11,13,25H2,1H3,(H2,26,28,29,30,35). The summed E-state index contributed by atoms with van der Waals surface area (Å²) in [5.74, 6) is 0.658. The number of esters is 1. The molecular weight excluding hydrogens is 478 g/mol. The maximum absolute atomic E-state index is 12.8. The number of nitrogens with two attached hydrogens (primary N) is 1. The number of carbonyl (C=O) groups excluding carboxylic acids is 2. The number of aryl methyl sites for hydroxylation is 1. The number of ether oxygens (including phenoxy) is 1. The minimum atomic E-state index is -0.536. The van der Waals surface area contributed by atoms with Gasteiger partial charge in [0.15, 0.2) is 17.1 Å². The summed E-state index contributed by atoms with van der Waals surface area (Å²) in [5, 5.41) is 14.9. The largest absolute Gasteiger partial charge is 0.465 e. The molecule has 4 heterocycles. The number of furan rings is 1. The summed E-state index contributed by atoms with van der Waals surface area (Å²) in [5.41, 5.74) is 7.61. The number of fused-ring (bicyclic) bond motifs is 3. The minimum absolute atomic E-state index is 0.137. The molecule has 0 fully saturated rings. The zero-order valence-electron chi connectivity index (χ0n) is 20.0. The highest BCUT2D eigenvalue weighted by molar-refractivity contribution is 6.00. The van der Waals surface area contributed by atoms with Gasteiger partial charge in [0.1, 0.15) is 0 Å². The molecule has 190 valence electrons. The first-order valence-electron chi connectivity index (χ1n) is 11.7. The minimum Gasteiger partial charge on any atom is -0.465 e. The van der Waals surface area contributed by atoms with Crippen LogP contribution in [-0.2, 0) is 23.0 Å². The van der Waals surface area contributed by atoms with E-state index in [0.717, 1.165) is 18.4 Å². The van der Waals surface area contributed by atoms with Gasteiger partial charge < -0.3 is 20.2 Å². The molecule has 0 spiro atoms. The molecule has 13 heteroatoms. The fraction of sp³-hybridized carbons (Fsp3) is 0.250. The molecule has 0 bridgehead atoms. The smallest absolute Gasteiger partial charge is 0.326 e. The summed E-state index contributed by atoms with van der Waals surface area (Å²) in [7, 11) is 1.77. The Kier molecular flexibility index (Phi) is 6.76. The van der Waals surface area contributed by atoms with Crippen LogP contribution in [0.15, 0.2) is 53.3 Å². The predicted molar refractivity (Wildman–Crippen MR) is 135 cm³/mol. The van der Waals surface area contributed by atoms with Gasteiger partial charge in [0, 0.05) is 18.9 Å². The fourth-order valence-electron chi connectivity index (χ4n) is 3.71. The molecule has 0 aliphatic carbocycles. The maximum Gasteiger partial charge on any atom is 0.326 e. The van der Waals surface area contributed by atoms with Crippen molar-refractivity contribution in [1.29, 1.82) is 0 Å². The van der Waals surface area contributed by atoms with Gasteiger partial charge in [-0.3, -0.25) is 14.8 Å². The Balaban J connectivity index is 1.29. The van der Waals surface area contributed by atoms with Crippen molar-refractivity contribution in [2.75, 3.05) is 23.8 Å². The van der Waals surface area contributed by atoms with Crippen molar-refractivity contribution in [3.63, 3.8) is 0 Å². The van der Waals surface area contributed by atoms with Crippen LogP contribution in [0.1, 0.15) is 18.4 Å². The van der Waals surface area contributed by atoms with Crippen molar-refractivity contribution < 1.29 is 18.7 Å². The van der Waals surface area contributed by atoms with E-state index in [9.17, 15) is 9.59 Å². The number of hydrogen-bond acceptors (Lipinski definition) is 9. The Labute approximate surface area is 210 Å². The zero-order chi connectivity index (χ0) is 25.8. The average molecular weight is 504 g/mol. The molecule has 5 rings (SSSR count). The number of hydrogen-bond donors (Lipinski definition) is 3. The number of carbonyl (C=O) groups is 2. The van der Waals surface area contributed by atoms with Gasteiger partial charge in [-0.2, -0.15) is 14.6 Å². The van der Waals surface area contributed by atoms with Crippen molar-refractivity contribution in [3.05, 3.63) is 54.4 Å². The molecule has 0 saturated carbocycles. The highest BCUT2D eigenvalue weighted by Gasteiger charge is 2.19. The summed E-state index contributed by atoms with van der Waals surface area (Å²) < 4.78 is 13.7. The first kappa shape index (κ1) is 23.9. The summed E-state index contributed by atoms with van der Waals surface area (Å²) in [6.45, 7) is 0.930. The summed E-state index contributed by atoms with van der Waals surface area (Å²) >= 11 is 0. The van der Waals surface area contributed by atoms with E-state index < -0.39 is 6.03 Å². The number of anilines is 2. The van der Waals surface area contributed by atoms with Crippen LogP contribution < -0.4 is 16.4 Å². The number of aromatic nitrogens is 6. The first-order valence-corrected chi connectivity index (χ1v) is 11.7. The highest BCUT2D eigenvalue weighted by Crippen LogP contribution is 2.24. The third-order valence-electron chi connectivity index (χ3n) is 5.46. The van der Waals surface area contributed by atoms with Crippen LogP contribution in [0.5, 0.6) is 0 Å². The Morgan fingerprint density at radius 1 is 1.08 bits per heavy atom. The van der Waals surface area contributed by atoms with Crippen LogP contribution in [0, 0.1) is 0 Å². The maximum atomic E-state index is 12.8. The lowest BCUT2D eigenvalue weighted by atomic mass is 10.1. The van der Waals surface area contributed by atoms with Gasteiger partial charge in [0.2, 0.25) is 11.8 Å². The summed E-state index contributed by atoms with van der Waals surface area (Å²) in [6, 6.07) is 9.85. The monoisotopic (exact) mass is 503 g/mol. The third kappa shape index (κ3) is 5.41. The molecule has 0 aliphatic rings. The number of unbranched alkanes of at least 4 members (excludes halogenated alkanes) is 1. The molecule has 4 N–H and O–H groups in total. The number of nitrogens with zero attached hydrogens (tertiary/aromatic N) is 6. The SMILES string of the molecule is Cn1cc2c(nc(NC(=O)Nc3ccc(CC(=O)OCCCCN)cc3)n3nc(-c4ccco4)nc23)n1. The van der Waals surface area contributed by atoms with E-state index in [-0.39, 0.29) is 18.3 Å². The van der Waals surface area contributed by atoms with Crippen LogP contribution in [0.2, 0.25) is 0 Å². The number of urea groups is 1. The van der Waals surface area contributed by atoms with Gasteiger partial charge in [-0.05, 0) is 49.2 Å². The van der Waals surface area contributed by atoms with Crippen molar-refractivity contribution in [2.24, 2.45) is 12.8 Å². The van der Waals surface area contributed by atoms with E-state index in [0.29, 0.717) is 47.1 Å². The van der Waals surface area contributed by atoms with Crippen molar-refractivity contribution in [3.8, 4) is 11.6 Å². The highest BCUT2D eigenvalue weighted by atomic mass is 16.5. The van der Waals surface area contributed by atoms with Crippen molar-refractivity contribution in [1.82, 2.24) is 29.4 Å². The van der Waals surface area contributed by atoms with Crippen LogP contribution in [-0.4, -0.2) is 54.5 Å². The molecule has 1 aromatic carbocycles. The van der Waals surface area contributed by atoms with Crippen LogP contribution in [0.25, 0.3) is 28.3 Å². The topological polar surface area (TPSA) is 167 Å². The Hall–Kier alpha value is -4.78. The van der Waals surface area contributed by atoms with E-state index in [2.05, 4.69) is 30.8 Å². The summed E-state index contributed by atoms with van der Waals surface area (Å²) in [6.07, 6.45) is 5.01. The number of benzene rings is 1. The lowest BCUT2D eigenvalue weighted by Crippen LogP contribution is -2.22. The molecule has 0 atom stereocenters. The second kappa shape index (κ2) is 10.5. The van der Waals surface area contributed by atoms with E-state index >= 15 is 0 Å². The number of rotatable bonds is 9. The Morgan fingerprint density at radius 3 is 2.68 bits per heavy atom. The third-order valence-corrected chi connectivity index (χ3v) is 5.46. The van der Waals surface area contributed by atoms with Gasteiger partial charge in [-0.25, -0.2) is 9.78 Å². The lowest BCUT2D eigenvalue weighted by molar-refractivity contribution is -0.142. The zero-order valence-corrected chi connectivity index (χ0v) is 20.0. The van der Waals surface area contributed by atoms with Crippen molar-refractivity contribution in [2.45, 2.75) is 19.3 Å². The molecular formula is C24H25N9O4. The van der Waals surface area contributed by atoms with E-state index in [1.807, 2.05) is 0 Å². The molecule has 37 heavy (non-hydrogen) atoms. The second-order valence-electron chi connectivity index (χ2n) is 8.29. The van der Waals surface area contributed by atoms with Gasteiger partial charge in [-0.15, -0.1) is 5.10 Å². The molecule has 2 amide bonds.